The summed E-state index contributed by atoms with van der Waals surface area (Å²) in [5.74, 6) is -0.544. The number of halogens is 1. The average molecular weight is 510 g/mol. The van der Waals surface area contributed by atoms with Gasteiger partial charge in [0.05, 0.1) is 18.2 Å². The summed E-state index contributed by atoms with van der Waals surface area (Å²) in [7, 11) is -4.19. The van der Waals surface area contributed by atoms with E-state index in [1.54, 1.807) is 31.2 Å². The number of hydrogen-bond acceptors (Lipinski definition) is 6. The van der Waals surface area contributed by atoms with Crippen molar-refractivity contribution < 1.29 is 61.4 Å². The number of anilines is 1. The normalized spacial score (nSPS) is 13.6. The Morgan fingerprint density at radius 2 is 1.80 bits per heavy atom. The standard InChI is InChI=1S/C25H26FNO6S.Na/c1-16(26)14-27(34(30,31)24-11-6-17(2)33-24)22-12-20-4-3-5-21(20)13-23(22)32-15-18-7-9-19(10-8-18)25(28)29;/h6-13,16H,3-5,14-15H2,1-2H3,(H,28,29);/q;+1/p-1. The Morgan fingerprint density at radius 1 is 1.14 bits per heavy atom. The van der Waals surface area contributed by atoms with E-state index in [2.05, 4.69) is 0 Å². The van der Waals surface area contributed by atoms with Crippen molar-refractivity contribution in [1.29, 1.82) is 0 Å². The smallest absolute Gasteiger partial charge is 0.545 e. The van der Waals surface area contributed by atoms with Gasteiger partial charge in [-0.1, -0.05) is 24.3 Å². The molecule has 10 heteroatoms. The van der Waals surface area contributed by atoms with E-state index in [0.29, 0.717) is 17.1 Å². The van der Waals surface area contributed by atoms with E-state index in [-0.39, 0.29) is 52.5 Å². The zero-order valence-corrected chi connectivity index (χ0v) is 22.7. The molecule has 2 aromatic carbocycles. The van der Waals surface area contributed by atoms with Gasteiger partial charge in [-0.2, -0.15) is 8.42 Å². The number of furan rings is 1. The third-order valence-electron chi connectivity index (χ3n) is 5.70. The van der Waals surface area contributed by atoms with Gasteiger partial charge in [-0.05, 0) is 79.6 Å². The second-order valence-electron chi connectivity index (χ2n) is 8.40. The summed E-state index contributed by atoms with van der Waals surface area (Å²) in [4.78, 5) is 11.0. The van der Waals surface area contributed by atoms with Gasteiger partial charge in [0.25, 0.3) is 10.0 Å². The third kappa shape index (κ3) is 6.09. The molecular formula is C25H25FNNaO6S. The summed E-state index contributed by atoms with van der Waals surface area (Å²) in [6, 6.07) is 12.5. The maximum atomic E-state index is 14.2. The van der Waals surface area contributed by atoms with Crippen LogP contribution in [0.3, 0.4) is 0 Å². The zero-order chi connectivity index (χ0) is 24.5. The summed E-state index contributed by atoms with van der Waals surface area (Å²) in [5, 5.41) is 10.7. The summed E-state index contributed by atoms with van der Waals surface area (Å²) >= 11 is 0. The fourth-order valence-corrected chi connectivity index (χ4v) is 5.51. The van der Waals surface area contributed by atoms with Gasteiger partial charge >= 0.3 is 29.6 Å². The van der Waals surface area contributed by atoms with Crippen LogP contribution in [-0.4, -0.2) is 27.1 Å². The molecule has 0 radical (unpaired) electrons. The van der Waals surface area contributed by atoms with Gasteiger partial charge in [-0.15, -0.1) is 0 Å². The molecule has 1 aromatic heterocycles. The first-order valence-electron chi connectivity index (χ1n) is 11.0. The van der Waals surface area contributed by atoms with Crippen molar-refractivity contribution in [2.75, 3.05) is 10.8 Å². The molecule has 35 heavy (non-hydrogen) atoms. The number of aromatic carboxylic acids is 1. The van der Waals surface area contributed by atoms with Gasteiger partial charge in [0.15, 0.2) is 0 Å². The fraction of sp³-hybridized carbons (Fsp3) is 0.320. The van der Waals surface area contributed by atoms with Crippen LogP contribution in [0.1, 0.15) is 46.2 Å². The molecule has 0 saturated heterocycles. The number of hydrogen-bond donors (Lipinski definition) is 0. The molecule has 1 heterocycles. The Kier molecular flexibility index (Phi) is 8.69. The van der Waals surface area contributed by atoms with Crippen LogP contribution in [0.2, 0.25) is 0 Å². The maximum absolute atomic E-state index is 14.2. The summed E-state index contributed by atoms with van der Waals surface area (Å²) in [6.07, 6.45) is 1.14. The van der Waals surface area contributed by atoms with E-state index in [4.69, 9.17) is 9.15 Å². The molecule has 1 aliphatic rings. The van der Waals surface area contributed by atoms with Crippen molar-refractivity contribution >= 4 is 21.7 Å². The van der Waals surface area contributed by atoms with E-state index >= 15 is 0 Å². The number of carbonyl (C=O) groups excluding carboxylic acids is 1. The molecule has 0 aliphatic heterocycles. The van der Waals surface area contributed by atoms with Crippen LogP contribution >= 0.6 is 0 Å². The summed E-state index contributed by atoms with van der Waals surface area (Å²) in [6.45, 7) is 2.59. The number of rotatable bonds is 9. The minimum atomic E-state index is -4.19. The number of fused-ring (bicyclic) bond motifs is 1. The monoisotopic (exact) mass is 509 g/mol. The molecule has 3 aromatic rings. The van der Waals surface area contributed by atoms with Crippen LogP contribution in [-0.2, 0) is 29.5 Å². The van der Waals surface area contributed by atoms with E-state index < -0.39 is 28.7 Å². The third-order valence-corrected chi connectivity index (χ3v) is 7.36. The SMILES string of the molecule is Cc1ccc(S(=O)(=O)N(CC(C)F)c2cc3c(cc2OCc2ccc(C(=O)[O-])cc2)CCC3)o1.[Na+]. The molecule has 4 rings (SSSR count). The van der Waals surface area contributed by atoms with Gasteiger partial charge in [0.1, 0.15) is 24.3 Å². The Balaban J connectivity index is 0.00000342. The van der Waals surface area contributed by atoms with Crippen LogP contribution in [0, 0.1) is 6.92 Å². The zero-order valence-electron chi connectivity index (χ0n) is 19.9. The Morgan fingerprint density at radius 3 is 2.37 bits per heavy atom. The molecule has 0 fully saturated rings. The van der Waals surface area contributed by atoms with Crippen LogP contribution in [0.25, 0.3) is 0 Å². The van der Waals surface area contributed by atoms with E-state index in [0.717, 1.165) is 34.7 Å². The molecular weight excluding hydrogens is 484 g/mol. The first kappa shape index (κ1) is 27.3. The quantitative estimate of drug-likeness (QED) is 0.391. The summed E-state index contributed by atoms with van der Waals surface area (Å²) in [5.41, 5.74) is 3.04. The maximum Gasteiger partial charge on any atom is 1.00 e. The number of alkyl halides is 1. The van der Waals surface area contributed by atoms with Crippen molar-refractivity contribution in [3.63, 3.8) is 0 Å². The van der Waals surface area contributed by atoms with Crippen LogP contribution < -0.4 is 43.7 Å². The predicted molar refractivity (Wildman–Crippen MR) is 122 cm³/mol. The molecule has 1 aliphatic carbocycles. The van der Waals surface area contributed by atoms with Crippen molar-refractivity contribution in [3.05, 3.63) is 76.5 Å². The number of benzene rings is 2. The molecule has 1 atom stereocenters. The van der Waals surface area contributed by atoms with Crippen molar-refractivity contribution in [3.8, 4) is 5.75 Å². The Bertz CT molecular complexity index is 1300. The van der Waals surface area contributed by atoms with Crippen molar-refractivity contribution in [2.24, 2.45) is 0 Å². The summed E-state index contributed by atoms with van der Waals surface area (Å²) < 4.78 is 53.5. The molecule has 0 spiro atoms. The molecule has 180 valence electrons. The van der Waals surface area contributed by atoms with Crippen LogP contribution in [0.4, 0.5) is 10.1 Å². The first-order valence-corrected chi connectivity index (χ1v) is 12.4. The van der Waals surface area contributed by atoms with E-state index in [1.165, 1.54) is 25.1 Å². The molecule has 0 bridgehead atoms. The van der Waals surface area contributed by atoms with Gasteiger partial charge in [0.2, 0.25) is 5.09 Å². The topological polar surface area (TPSA) is 99.9 Å². The number of aryl methyl sites for hydroxylation is 3. The van der Waals surface area contributed by atoms with Crippen molar-refractivity contribution in [1.82, 2.24) is 0 Å². The molecule has 0 amide bonds. The Labute approximate surface area is 226 Å². The van der Waals surface area contributed by atoms with E-state index in [9.17, 15) is 22.7 Å². The average Bonchev–Trinajstić information content (AvgIpc) is 3.44. The van der Waals surface area contributed by atoms with Crippen molar-refractivity contribution in [2.45, 2.75) is 51.0 Å². The minimum absolute atomic E-state index is 0. The number of nitrogens with zero attached hydrogens (tertiary/aromatic N) is 1. The van der Waals surface area contributed by atoms with Gasteiger partial charge in [-0.25, -0.2) is 4.39 Å². The van der Waals surface area contributed by atoms with Gasteiger partial charge in [0, 0.05) is 0 Å². The second-order valence-corrected chi connectivity index (χ2v) is 10.2. The predicted octanol–water partition coefficient (Wildman–Crippen LogP) is 0.577. The first-order chi connectivity index (χ1) is 16.1. The number of carboxylic acids is 1. The minimum Gasteiger partial charge on any atom is -0.545 e. The van der Waals surface area contributed by atoms with Crippen LogP contribution in [0.5, 0.6) is 5.75 Å². The number of carboxylic acid groups (broad SMARTS) is 1. The number of carbonyl (C=O) groups is 1. The largest absolute Gasteiger partial charge is 1.00 e. The number of sulfonamides is 1. The van der Waals surface area contributed by atoms with Crippen LogP contribution in [0.15, 0.2) is 58.0 Å². The molecule has 1 unspecified atom stereocenters. The molecule has 0 N–H and O–H groups in total. The Hall–Kier alpha value is -2.33. The molecule has 0 saturated carbocycles. The fourth-order valence-electron chi connectivity index (χ4n) is 4.01. The van der Waals surface area contributed by atoms with Gasteiger partial charge in [-0.3, -0.25) is 4.31 Å². The number of ether oxygens (including phenoxy) is 1. The molecule has 7 nitrogen and oxygen atoms in total. The van der Waals surface area contributed by atoms with Gasteiger partial charge < -0.3 is 19.1 Å². The second kappa shape index (κ2) is 11.2. The van der Waals surface area contributed by atoms with E-state index in [1.807, 2.05) is 6.07 Å².